The molecule has 186 valence electrons. The van der Waals surface area contributed by atoms with E-state index in [0.29, 0.717) is 38.3 Å². The highest BCUT2D eigenvalue weighted by Gasteiger charge is 2.27. The quantitative estimate of drug-likeness (QED) is 0.550. The average molecular weight is 542 g/mol. The van der Waals surface area contributed by atoms with E-state index >= 15 is 0 Å². The Morgan fingerprint density at radius 1 is 0.943 bits per heavy atom. The molecule has 3 rings (SSSR count). The number of ether oxygens (including phenoxy) is 1. The van der Waals surface area contributed by atoms with Crippen molar-refractivity contribution in [3.63, 3.8) is 0 Å². The van der Waals surface area contributed by atoms with E-state index in [0.717, 1.165) is 15.6 Å². The summed E-state index contributed by atoms with van der Waals surface area (Å²) in [5.74, 6) is -0.650. The Morgan fingerprint density at radius 3 is 2.06 bits per heavy atom. The predicted molar refractivity (Wildman–Crippen MR) is 140 cm³/mol. The van der Waals surface area contributed by atoms with Gasteiger partial charge in [0.1, 0.15) is 5.70 Å². The Hall–Kier alpha value is -3.13. The number of amides is 3. The van der Waals surface area contributed by atoms with E-state index in [2.05, 4.69) is 42.0 Å². The molecule has 7 nitrogen and oxygen atoms in total. The van der Waals surface area contributed by atoms with Crippen LogP contribution in [-0.4, -0.2) is 60.5 Å². The van der Waals surface area contributed by atoms with Gasteiger partial charge in [0.2, 0.25) is 0 Å². The summed E-state index contributed by atoms with van der Waals surface area (Å²) in [6.07, 6.45) is 1.30. The van der Waals surface area contributed by atoms with E-state index in [1.165, 1.54) is 0 Å². The van der Waals surface area contributed by atoms with Crippen LogP contribution in [0, 0.1) is 0 Å². The maximum atomic E-state index is 13.4. The van der Waals surface area contributed by atoms with Crippen molar-refractivity contribution in [1.29, 1.82) is 0 Å². The minimum absolute atomic E-state index is 0.0245. The normalized spacial score (nSPS) is 14.5. The molecule has 1 N–H and O–H groups in total. The summed E-state index contributed by atoms with van der Waals surface area (Å²) in [5, 5.41) is 2.82. The van der Waals surface area contributed by atoms with Crippen LogP contribution in [0.1, 0.15) is 49.2 Å². The number of nitrogens with one attached hydrogen (secondary N) is 1. The SMILES string of the molecule is CCOC(=O)N1CCN(C(=O)/C(=C\c2ccc(Br)cc2)NC(=O)c2ccc(C(C)(C)C)cc2)CC1. The highest BCUT2D eigenvalue weighted by atomic mass is 79.9. The highest BCUT2D eigenvalue weighted by molar-refractivity contribution is 9.10. The number of rotatable bonds is 5. The van der Waals surface area contributed by atoms with Gasteiger partial charge < -0.3 is 19.9 Å². The molecule has 0 atom stereocenters. The lowest BCUT2D eigenvalue weighted by Gasteiger charge is -2.34. The third-order valence-corrected chi connectivity index (χ3v) is 6.29. The molecule has 1 aliphatic rings. The van der Waals surface area contributed by atoms with Crippen molar-refractivity contribution in [2.45, 2.75) is 33.1 Å². The summed E-state index contributed by atoms with van der Waals surface area (Å²) >= 11 is 3.41. The van der Waals surface area contributed by atoms with Crippen molar-refractivity contribution < 1.29 is 19.1 Å². The molecule has 0 aliphatic carbocycles. The molecule has 0 saturated carbocycles. The van der Waals surface area contributed by atoms with Gasteiger partial charge in [0, 0.05) is 36.2 Å². The summed E-state index contributed by atoms with van der Waals surface area (Å²) < 4.78 is 5.97. The van der Waals surface area contributed by atoms with Crippen LogP contribution in [0.15, 0.2) is 58.7 Å². The van der Waals surface area contributed by atoms with Crippen molar-refractivity contribution >= 4 is 39.9 Å². The molecule has 8 heteroatoms. The molecule has 0 unspecified atom stereocenters. The molecular formula is C27H32BrN3O4. The third-order valence-electron chi connectivity index (χ3n) is 5.77. The fourth-order valence-electron chi connectivity index (χ4n) is 3.67. The van der Waals surface area contributed by atoms with Gasteiger partial charge >= 0.3 is 6.09 Å². The standard InChI is InChI=1S/C27H32BrN3O4/c1-5-35-26(34)31-16-14-30(15-17-31)25(33)23(18-19-6-12-22(28)13-7-19)29-24(32)20-8-10-21(11-9-20)27(2,3)4/h6-13,18H,5,14-17H2,1-4H3,(H,29,32)/b23-18+. The first-order valence-electron chi connectivity index (χ1n) is 11.7. The van der Waals surface area contributed by atoms with Crippen LogP contribution < -0.4 is 5.32 Å². The summed E-state index contributed by atoms with van der Waals surface area (Å²) in [4.78, 5) is 41.7. The molecule has 1 aliphatic heterocycles. The largest absolute Gasteiger partial charge is 0.450 e. The van der Waals surface area contributed by atoms with Gasteiger partial charge in [0.25, 0.3) is 11.8 Å². The fraction of sp³-hybridized carbons (Fsp3) is 0.370. The zero-order valence-electron chi connectivity index (χ0n) is 20.6. The van der Waals surface area contributed by atoms with Gasteiger partial charge in [-0.2, -0.15) is 0 Å². The molecule has 2 aromatic carbocycles. The Balaban J connectivity index is 1.79. The molecule has 1 saturated heterocycles. The summed E-state index contributed by atoms with van der Waals surface area (Å²) in [6.45, 7) is 9.86. The molecular weight excluding hydrogens is 510 g/mol. The number of carbonyl (C=O) groups excluding carboxylic acids is 3. The van der Waals surface area contributed by atoms with Crippen molar-refractivity contribution in [3.8, 4) is 0 Å². The number of halogens is 1. The lowest BCUT2D eigenvalue weighted by atomic mass is 9.87. The Labute approximate surface area is 215 Å². The van der Waals surface area contributed by atoms with E-state index < -0.39 is 0 Å². The second-order valence-electron chi connectivity index (χ2n) is 9.37. The smallest absolute Gasteiger partial charge is 0.409 e. The van der Waals surface area contributed by atoms with E-state index in [-0.39, 0.29) is 29.0 Å². The summed E-state index contributed by atoms with van der Waals surface area (Å²) in [6, 6.07) is 14.9. The van der Waals surface area contributed by atoms with Crippen molar-refractivity contribution in [2.24, 2.45) is 0 Å². The van der Waals surface area contributed by atoms with Crippen LogP contribution >= 0.6 is 15.9 Å². The molecule has 0 radical (unpaired) electrons. The van der Waals surface area contributed by atoms with Gasteiger partial charge in [-0.3, -0.25) is 9.59 Å². The molecule has 1 heterocycles. The molecule has 1 fully saturated rings. The first-order valence-corrected chi connectivity index (χ1v) is 12.5. The molecule has 0 spiro atoms. The monoisotopic (exact) mass is 541 g/mol. The molecule has 35 heavy (non-hydrogen) atoms. The maximum Gasteiger partial charge on any atom is 0.409 e. The number of carbonyl (C=O) groups is 3. The van der Waals surface area contributed by atoms with E-state index in [9.17, 15) is 14.4 Å². The van der Waals surface area contributed by atoms with Crippen LogP contribution in [-0.2, 0) is 14.9 Å². The predicted octanol–water partition coefficient (Wildman–Crippen LogP) is 4.82. The number of benzene rings is 2. The van der Waals surface area contributed by atoms with Gasteiger partial charge in [-0.25, -0.2) is 4.79 Å². The maximum absolute atomic E-state index is 13.4. The van der Waals surface area contributed by atoms with E-state index in [4.69, 9.17) is 4.74 Å². The number of hydrogen-bond donors (Lipinski definition) is 1. The van der Waals surface area contributed by atoms with Crippen molar-refractivity contribution in [3.05, 3.63) is 75.4 Å². The van der Waals surface area contributed by atoms with Gasteiger partial charge in [-0.15, -0.1) is 0 Å². The zero-order valence-corrected chi connectivity index (χ0v) is 22.2. The van der Waals surface area contributed by atoms with Crippen LogP contribution in [0.2, 0.25) is 0 Å². The topological polar surface area (TPSA) is 79.0 Å². The van der Waals surface area contributed by atoms with Crippen LogP contribution in [0.25, 0.3) is 6.08 Å². The van der Waals surface area contributed by atoms with Gasteiger partial charge in [-0.1, -0.05) is 61.0 Å². The van der Waals surface area contributed by atoms with Crippen molar-refractivity contribution in [1.82, 2.24) is 15.1 Å². The molecule has 3 amide bonds. The minimum atomic E-state index is -0.378. The Morgan fingerprint density at radius 2 is 1.51 bits per heavy atom. The minimum Gasteiger partial charge on any atom is -0.450 e. The van der Waals surface area contributed by atoms with Gasteiger partial charge in [0.05, 0.1) is 6.61 Å². The second kappa shape index (κ2) is 11.5. The van der Waals surface area contributed by atoms with E-state index in [1.54, 1.807) is 34.9 Å². The van der Waals surface area contributed by atoms with Crippen LogP contribution in [0.3, 0.4) is 0 Å². The van der Waals surface area contributed by atoms with Crippen LogP contribution in [0.5, 0.6) is 0 Å². The highest BCUT2D eigenvalue weighted by Crippen LogP contribution is 2.22. The molecule has 0 aromatic heterocycles. The summed E-state index contributed by atoms with van der Waals surface area (Å²) in [7, 11) is 0. The lowest BCUT2D eigenvalue weighted by Crippen LogP contribution is -2.52. The second-order valence-corrected chi connectivity index (χ2v) is 10.3. The fourth-order valence-corrected chi connectivity index (χ4v) is 3.93. The third kappa shape index (κ3) is 7.18. The molecule has 2 aromatic rings. The number of hydrogen-bond acceptors (Lipinski definition) is 4. The van der Waals surface area contributed by atoms with Gasteiger partial charge in [0.15, 0.2) is 0 Å². The van der Waals surface area contributed by atoms with Crippen molar-refractivity contribution in [2.75, 3.05) is 32.8 Å². The zero-order chi connectivity index (χ0) is 25.6. The first kappa shape index (κ1) is 26.5. The Kier molecular flexibility index (Phi) is 8.72. The summed E-state index contributed by atoms with van der Waals surface area (Å²) in [5.41, 5.74) is 2.53. The average Bonchev–Trinajstić information content (AvgIpc) is 2.84. The lowest BCUT2D eigenvalue weighted by molar-refractivity contribution is -0.128. The van der Waals surface area contributed by atoms with E-state index in [1.807, 2.05) is 36.4 Å². The van der Waals surface area contributed by atoms with Crippen LogP contribution in [0.4, 0.5) is 4.79 Å². The van der Waals surface area contributed by atoms with Gasteiger partial charge in [-0.05, 0) is 53.8 Å². The number of piperazine rings is 1. The molecule has 0 bridgehead atoms. The Bertz CT molecular complexity index is 1080. The first-order chi connectivity index (χ1) is 16.6. The number of nitrogens with zero attached hydrogens (tertiary/aromatic N) is 2.